The Balaban J connectivity index is 0.00000602. The smallest absolute Gasteiger partial charge is 0.304 e. The summed E-state index contributed by atoms with van der Waals surface area (Å²) in [7, 11) is 0. The number of rotatable bonds is 11. The van der Waals surface area contributed by atoms with E-state index >= 15 is 0 Å². The quantitative estimate of drug-likeness (QED) is 0.0953. The van der Waals surface area contributed by atoms with Crippen LogP contribution >= 0.6 is 0 Å². The van der Waals surface area contributed by atoms with E-state index in [1.807, 2.05) is 76.3 Å². The molecule has 5 aromatic heterocycles. The van der Waals surface area contributed by atoms with Crippen LogP contribution in [0.2, 0.25) is 0 Å². The zero-order chi connectivity index (χ0) is 50.1. The van der Waals surface area contributed by atoms with Crippen LogP contribution in [0.15, 0.2) is 219 Å². The SMILES string of the molecule is Fc1c[c-]c(-c2ccc(-n3ccnc3-c3cc(-c4ccccc4-c4ccc(-c5[c-]ccc(-c6ccc(-c7ccccc7)cc6)c5)nc4)cc(-c4nccn4-c4ccc(-c5[c-]cc(F)cc5F)nc4)c3)cn2)c(F)c1.[Ir+3]. The molecule has 5 heterocycles. The predicted molar refractivity (Wildman–Crippen MR) is 279 cm³/mol. The fourth-order valence-corrected chi connectivity index (χ4v) is 9.11. The Morgan fingerprint density at radius 3 is 1.37 bits per heavy atom. The van der Waals surface area contributed by atoms with E-state index in [-0.39, 0.29) is 31.2 Å². The van der Waals surface area contributed by atoms with Crippen molar-refractivity contribution >= 4 is 0 Å². The molecular weight excluding hydrogens is 1120 g/mol. The molecule has 0 radical (unpaired) electrons. The third-order valence-electron chi connectivity index (χ3n) is 12.7. The molecule has 75 heavy (non-hydrogen) atoms. The van der Waals surface area contributed by atoms with Crippen LogP contribution in [-0.4, -0.2) is 34.1 Å². The number of nitrogens with zero attached hydrogens (tertiary/aromatic N) is 7. The third kappa shape index (κ3) is 9.75. The molecule has 12 heteroatoms. The molecule has 0 saturated carbocycles. The van der Waals surface area contributed by atoms with Crippen molar-refractivity contribution in [3.8, 4) is 112 Å². The molecule has 0 aliphatic heterocycles. The van der Waals surface area contributed by atoms with Crippen molar-refractivity contribution in [2.24, 2.45) is 0 Å². The number of aromatic nitrogens is 7. The van der Waals surface area contributed by atoms with Gasteiger partial charge in [-0.05, 0) is 86.4 Å². The van der Waals surface area contributed by atoms with Gasteiger partial charge < -0.3 is 15.0 Å². The maximum absolute atomic E-state index is 14.8. The van der Waals surface area contributed by atoms with Gasteiger partial charge in [0.2, 0.25) is 0 Å². The van der Waals surface area contributed by atoms with Crippen LogP contribution in [0, 0.1) is 41.5 Å². The summed E-state index contributed by atoms with van der Waals surface area (Å²) >= 11 is 0. The minimum atomic E-state index is -0.763. The van der Waals surface area contributed by atoms with Crippen molar-refractivity contribution in [1.82, 2.24) is 34.1 Å². The van der Waals surface area contributed by atoms with Crippen LogP contribution in [0.5, 0.6) is 0 Å². The number of imidazole rings is 2. The van der Waals surface area contributed by atoms with E-state index in [2.05, 4.69) is 107 Å². The summed E-state index contributed by atoms with van der Waals surface area (Å²) < 4.78 is 60.7. The Labute approximate surface area is 442 Å². The Hall–Kier alpha value is -9.22. The zero-order valence-corrected chi connectivity index (χ0v) is 41.7. The van der Waals surface area contributed by atoms with Crippen molar-refractivity contribution < 1.29 is 37.7 Å². The van der Waals surface area contributed by atoms with Crippen LogP contribution in [0.25, 0.3) is 112 Å². The van der Waals surface area contributed by atoms with Crippen LogP contribution in [0.4, 0.5) is 17.6 Å². The van der Waals surface area contributed by atoms with Crippen LogP contribution < -0.4 is 0 Å². The van der Waals surface area contributed by atoms with Gasteiger partial charge in [0.1, 0.15) is 11.6 Å². The summed E-state index contributed by atoms with van der Waals surface area (Å²) in [5.41, 5.74) is 13.2. The summed E-state index contributed by atoms with van der Waals surface area (Å²) in [4.78, 5) is 23.7. The van der Waals surface area contributed by atoms with Crippen molar-refractivity contribution in [2.45, 2.75) is 0 Å². The largest absolute Gasteiger partial charge is 3.00 e. The summed E-state index contributed by atoms with van der Waals surface area (Å²) in [6.07, 6.45) is 12.1. The van der Waals surface area contributed by atoms with Crippen molar-refractivity contribution in [2.75, 3.05) is 0 Å². The van der Waals surface area contributed by atoms with E-state index in [0.29, 0.717) is 34.4 Å². The van der Waals surface area contributed by atoms with E-state index in [1.54, 1.807) is 49.1 Å². The normalized spacial score (nSPS) is 11.1. The van der Waals surface area contributed by atoms with Crippen molar-refractivity contribution in [1.29, 1.82) is 0 Å². The predicted octanol–water partition coefficient (Wildman–Crippen LogP) is 15.2. The second-order valence-corrected chi connectivity index (χ2v) is 17.3. The molecule has 0 spiro atoms. The maximum atomic E-state index is 14.8. The van der Waals surface area contributed by atoms with Gasteiger partial charge in [-0.1, -0.05) is 126 Å². The zero-order valence-electron chi connectivity index (χ0n) is 39.3. The molecule has 0 saturated heterocycles. The first-order chi connectivity index (χ1) is 36.3. The molecule has 12 aromatic rings. The molecule has 12 rings (SSSR count). The minimum absolute atomic E-state index is 0. The topological polar surface area (TPSA) is 74.3 Å². The van der Waals surface area contributed by atoms with Gasteiger partial charge in [-0.25, -0.2) is 9.97 Å². The summed E-state index contributed by atoms with van der Waals surface area (Å²) in [5, 5.41) is 0. The van der Waals surface area contributed by atoms with E-state index in [1.165, 1.54) is 5.56 Å². The fourth-order valence-electron chi connectivity index (χ4n) is 9.11. The van der Waals surface area contributed by atoms with Gasteiger partial charge in [0.05, 0.1) is 11.4 Å². The molecule has 7 aromatic carbocycles. The second-order valence-electron chi connectivity index (χ2n) is 17.3. The standard InChI is InChI=1S/C63H36F4N7.Ir/c64-49-18-22-55(57(66)35-49)60-25-20-51(38-71-60)73-29-27-68-62(73)47-32-46(33-48(34-47)63-69-28-30-74(63)52-21-26-61(72-39-52)56-23-19-50(65)36-58(56)67)54-12-5-4-11-53(54)45-17-24-59(70-37-45)44-10-6-9-43(31-44)42-15-13-41(14-16-42)40-7-2-1-3-8-40;/h1-9,11-21,24-39H;/q-3;+3. The first-order valence-electron chi connectivity index (χ1n) is 23.4. The molecule has 0 fully saturated rings. The van der Waals surface area contributed by atoms with E-state index in [9.17, 15) is 17.6 Å². The monoisotopic (exact) mass is 1160 g/mol. The van der Waals surface area contributed by atoms with Crippen molar-refractivity contribution in [3.05, 3.63) is 261 Å². The summed E-state index contributed by atoms with van der Waals surface area (Å²) in [5.74, 6) is -1.81. The molecule has 0 aliphatic carbocycles. The Kier molecular flexibility index (Phi) is 13.3. The average molecular weight is 1160 g/mol. The fraction of sp³-hybridized carbons (Fsp3) is 0. The molecule has 0 unspecified atom stereocenters. The van der Waals surface area contributed by atoms with E-state index in [4.69, 9.17) is 15.0 Å². The van der Waals surface area contributed by atoms with E-state index < -0.39 is 23.3 Å². The number of hydrogen-bond donors (Lipinski definition) is 0. The second kappa shape index (κ2) is 20.7. The first kappa shape index (κ1) is 48.1. The number of pyridine rings is 3. The molecule has 0 N–H and O–H groups in total. The molecule has 0 atom stereocenters. The minimum Gasteiger partial charge on any atom is -0.304 e. The molecule has 0 aliphatic rings. The Bertz CT molecular complexity index is 3840. The summed E-state index contributed by atoms with van der Waals surface area (Å²) in [6.45, 7) is 0. The molecule has 0 bridgehead atoms. The van der Waals surface area contributed by atoms with Gasteiger partial charge >= 0.3 is 20.1 Å². The number of benzene rings is 7. The van der Waals surface area contributed by atoms with Crippen LogP contribution in [0.3, 0.4) is 0 Å². The Morgan fingerprint density at radius 2 is 0.853 bits per heavy atom. The molecule has 0 amide bonds. The van der Waals surface area contributed by atoms with Crippen LogP contribution in [0.1, 0.15) is 0 Å². The van der Waals surface area contributed by atoms with Gasteiger partial charge in [0, 0.05) is 77.8 Å². The molecular formula is C63H36F4IrN7. The van der Waals surface area contributed by atoms with Gasteiger partial charge in [0.15, 0.2) is 0 Å². The third-order valence-corrected chi connectivity index (χ3v) is 12.7. The Morgan fingerprint density at radius 1 is 0.373 bits per heavy atom. The number of halogens is 4. The van der Waals surface area contributed by atoms with Gasteiger partial charge in [0.25, 0.3) is 0 Å². The molecule has 7 nitrogen and oxygen atoms in total. The van der Waals surface area contributed by atoms with E-state index in [0.717, 1.165) is 85.6 Å². The number of hydrogen-bond acceptors (Lipinski definition) is 5. The van der Waals surface area contributed by atoms with Gasteiger partial charge in [-0.15, -0.1) is 59.7 Å². The summed E-state index contributed by atoms with van der Waals surface area (Å²) in [6, 6.07) is 62.6. The van der Waals surface area contributed by atoms with Crippen molar-refractivity contribution in [3.63, 3.8) is 0 Å². The van der Waals surface area contributed by atoms with Gasteiger partial charge in [-0.2, -0.15) is 0 Å². The maximum Gasteiger partial charge on any atom is 3.00 e. The average Bonchev–Trinajstić information content (AvgIpc) is 4.16. The first-order valence-corrected chi connectivity index (χ1v) is 23.4. The van der Waals surface area contributed by atoms with Gasteiger partial charge in [-0.3, -0.25) is 26.7 Å². The molecule has 360 valence electrons. The van der Waals surface area contributed by atoms with Crippen LogP contribution in [-0.2, 0) is 20.1 Å².